The summed E-state index contributed by atoms with van der Waals surface area (Å²) >= 11 is 0. The lowest BCUT2D eigenvalue weighted by Crippen LogP contribution is -2.41. The van der Waals surface area contributed by atoms with Gasteiger partial charge in [0.15, 0.2) is 5.96 Å². The number of para-hydroxylation sites is 1. The lowest BCUT2D eigenvalue weighted by molar-refractivity contribution is -0.148. The number of piperidine rings is 1. The first-order chi connectivity index (χ1) is 14.4. The van der Waals surface area contributed by atoms with Gasteiger partial charge in [0.2, 0.25) is 0 Å². The summed E-state index contributed by atoms with van der Waals surface area (Å²) < 4.78 is 43.5. The molecule has 0 unspecified atom stereocenters. The van der Waals surface area contributed by atoms with Gasteiger partial charge in [-0.1, -0.05) is 18.2 Å². The minimum Gasteiger partial charge on any atom is -0.490 e. The summed E-state index contributed by atoms with van der Waals surface area (Å²) in [6.45, 7) is 1.63. The molecule has 1 aromatic rings. The van der Waals surface area contributed by atoms with Gasteiger partial charge in [-0.3, -0.25) is 9.89 Å². The first kappa shape index (κ1) is 26.0. The fourth-order valence-corrected chi connectivity index (χ4v) is 3.91. The van der Waals surface area contributed by atoms with Crippen molar-refractivity contribution < 1.29 is 17.9 Å². The molecule has 1 aliphatic heterocycles. The molecule has 0 atom stereocenters. The number of rotatable bonds is 8. The maximum Gasteiger partial charge on any atom is 0.401 e. The van der Waals surface area contributed by atoms with Crippen molar-refractivity contribution in [2.75, 3.05) is 33.2 Å². The van der Waals surface area contributed by atoms with Gasteiger partial charge in [-0.05, 0) is 63.6 Å². The van der Waals surface area contributed by atoms with Crippen LogP contribution in [0.25, 0.3) is 0 Å². The number of hydrogen-bond acceptors (Lipinski definition) is 3. The highest BCUT2D eigenvalue weighted by Gasteiger charge is 2.32. The van der Waals surface area contributed by atoms with Gasteiger partial charge in [-0.25, -0.2) is 0 Å². The molecule has 0 radical (unpaired) electrons. The molecule has 0 bridgehead atoms. The molecule has 2 fully saturated rings. The maximum absolute atomic E-state index is 12.5. The molecule has 1 aromatic carbocycles. The third-order valence-electron chi connectivity index (χ3n) is 5.94. The van der Waals surface area contributed by atoms with Crippen molar-refractivity contribution in [3.63, 3.8) is 0 Å². The van der Waals surface area contributed by atoms with Crippen molar-refractivity contribution in [3.05, 3.63) is 29.8 Å². The van der Waals surface area contributed by atoms with Gasteiger partial charge in [-0.15, -0.1) is 24.0 Å². The van der Waals surface area contributed by atoms with Crippen LogP contribution in [0.1, 0.15) is 44.1 Å². The van der Waals surface area contributed by atoms with Crippen LogP contribution in [0.4, 0.5) is 13.2 Å². The largest absolute Gasteiger partial charge is 0.490 e. The second-order valence-corrected chi connectivity index (χ2v) is 8.25. The minimum absolute atomic E-state index is 0. The number of halogens is 4. The molecule has 0 spiro atoms. The Morgan fingerprint density at radius 1 is 1.13 bits per heavy atom. The van der Waals surface area contributed by atoms with Crippen LogP contribution in [-0.2, 0) is 6.54 Å². The lowest BCUT2D eigenvalue weighted by Gasteiger charge is -2.32. The van der Waals surface area contributed by atoms with Crippen molar-refractivity contribution in [2.45, 2.75) is 57.3 Å². The van der Waals surface area contributed by atoms with E-state index >= 15 is 0 Å². The fraction of sp³-hybridized carbons (Fsp3) is 0.682. The van der Waals surface area contributed by atoms with E-state index in [2.05, 4.69) is 21.7 Å². The number of nitrogens with one attached hydrogen (secondary N) is 2. The van der Waals surface area contributed by atoms with Gasteiger partial charge in [0, 0.05) is 25.7 Å². The Morgan fingerprint density at radius 2 is 1.84 bits per heavy atom. The van der Waals surface area contributed by atoms with Gasteiger partial charge in [0.05, 0.1) is 12.6 Å². The van der Waals surface area contributed by atoms with Crippen LogP contribution in [0.5, 0.6) is 5.75 Å². The zero-order valence-electron chi connectivity index (χ0n) is 18.1. The van der Waals surface area contributed by atoms with E-state index in [0.29, 0.717) is 31.7 Å². The zero-order valence-corrected chi connectivity index (χ0v) is 20.4. The quantitative estimate of drug-likeness (QED) is 0.281. The normalized spacial score (nSPS) is 18.8. The summed E-state index contributed by atoms with van der Waals surface area (Å²) in [6, 6.07) is 8.07. The second-order valence-electron chi connectivity index (χ2n) is 8.25. The molecule has 31 heavy (non-hydrogen) atoms. The van der Waals surface area contributed by atoms with Crippen molar-refractivity contribution in [1.29, 1.82) is 0 Å². The Kier molecular flexibility index (Phi) is 10.7. The van der Waals surface area contributed by atoms with Gasteiger partial charge >= 0.3 is 6.18 Å². The number of ether oxygens (including phenoxy) is 1. The van der Waals surface area contributed by atoms with E-state index in [9.17, 15) is 13.2 Å². The maximum atomic E-state index is 12.5. The number of guanidine groups is 1. The Hall–Kier alpha value is -1.23. The number of hydrogen-bond donors (Lipinski definition) is 2. The van der Waals surface area contributed by atoms with Crippen LogP contribution in [0, 0.1) is 5.92 Å². The number of benzene rings is 1. The van der Waals surface area contributed by atoms with Crippen LogP contribution in [0.2, 0.25) is 0 Å². The van der Waals surface area contributed by atoms with E-state index < -0.39 is 12.7 Å². The standard InChI is InChI=1S/C22H33F3N4O.HI/c1-26-21(27-12-9-17-10-13-29(14-11-17)16-22(23,24)25)28-15-18-5-2-3-8-20(18)30-19-6-4-7-19;/h2-3,5,8,17,19H,4,6-7,9-16H2,1H3,(H2,26,27,28);1H. The van der Waals surface area contributed by atoms with Gasteiger partial charge in [0.25, 0.3) is 0 Å². The molecule has 9 heteroatoms. The third kappa shape index (κ3) is 9.03. The lowest BCUT2D eigenvalue weighted by atomic mass is 9.93. The summed E-state index contributed by atoms with van der Waals surface area (Å²) in [5, 5.41) is 6.66. The van der Waals surface area contributed by atoms with Crippen LogP contribution in [0.15, 0.2) is 29.3 Å². The number of likely N-dealkylation sites (tertiary alicyclic amines) is 1. The van der Waals surface area contributed by atoms with Crippen LogP contribution in [0.3, 0.4) is 0 Å². The average molecular weight is 554 g/mol. The van der Waals surface area contributed by atoms with E-state index in [4.69, 9.17) is 4.74 Å². The van der Waals surface area contributed by atoms with Gasteiger partial charge in [0.1, 0.15) is 5.75 Å². The highest BCUT2D eigenvalue weighted by atomic mass is 127. The zero-order chi connectivity index (χ0) is 21.4. The van der Waals surface area contributed by atoms with E-state index in [-0.39, 0.29) is 24.0 Å². The first-order valence-electron chi connectivity index (χ1n) is 10.9. The smallest absolute Gasteiger partial charge is 0.401 e. The summed E-state index contributed by atoms with van der Waals surface area (Å²) in [5.41, 5.74) is 1.10. The summed E-state index contributed by atoms with van der Waals surface area (Å²) in [6.07, 6.45) is 2.29. The highest BCUT2D eigenvalue weighted by molar-refractivity contribution is 14.0. The molecule has 3 rings (SSSR count). The number of aliphatic imine (C=N–C) groups is 1. The topological polar surface area (TPSA) is 48.9 Å². The molecule has 2 aliphatic rings. The molecule has 5 nitrogen and oxygen atoms in total. The van der Waals surface area contributed by atoms with Gasteiger partial charge in [-0.2, -0.15) is 13.2 Å². The molecule has 0 aromatic heterocycles. The van der Waals surface area contributed by atoms with Crippen LogP contribution >= 0.6 is 24.0 Å². The molecule has 2 N–H and O–H groups in total. The second kappa shape index (κ2) is 12.7. The van der Waals surface area contributed by atoms with E-state index in [1.165, 1.54) is 11.3 Å². The molecule has 1 heterocycles. The SMILES string of the molecule is CN=C(NCCC1CCN(CC(F)(F)F)CC1)NCc1ccccc1OC1CCC1.I. The molecular weight excluding hydrogens is 520 g/mol. The van der Waals surface area contributed by atoms with Crippen molar-refractivity contribution in [1.82, 2.24) is 15.5 Å². The van der Waals surface area contributed by atoms with Gasteiger partial charge < -0.3 is 15.4 Å². The molecule has 176 valence electrons. The summed E-state index contributed by atoms with van der Waals surface area (Å²) in [7, 11) is 1.74. The average Bonchev–Trinajstić information content (AvgIpc) is 2.68. The Labute approximate surface area is 200 Å². The third-order valence-corrected chi connectivity index (χ3v) is 5.94. The Balaban J connectivity index is 0.00000341. The monoisotopic (exact) mass is 554 g/mol. The molecular formula is C22H34F3IN4O. The van der Waals surface area contributed by atoms with E-state index in [0.717, 1.165) is 55.9 Å². The molecule has 1 aliphatic carbocycles. The highest BCUT2D eigenvalue weighted by Crippen LogP contribution is 2.27. The van der Waals surface area contributed by atoms with Crippen LogP contribution in [-0.4, -0.2) is 56.4 Å². The van der Waals surface area contributed by atoms with Crippen molar-refractivity contribution in [3.8, 4) is 5.75 Å². The summed E-state index contributed by atoms with van der Waals surface area (Å²) in [4.78, 5) is 5.78. The van der Waals surface area contributed by atoms with Crippen molar-refractivity contribution in [2.24, 2.45) is 10.9 Å². The van der Waals surface area contributed by atoms with E-state index in [1.54, 1.807) is 7.05 Å². The predicted molar refractivity (Wildman–Crippen MR) is 128 cm³/mol. The number of nitrogens with zero attached hydrogens (tertiary/aromatic N) is 2. The van der Waals surface area contributed by atoms with Crippen LogP contribution < -0.4 is 15.4 Å². The van der Waals surface area contributed by atoms with E-state index in [1.807, 2.05) is 18.2 Å². The molecule has 1 saturated heterocycles. The predicted octanol–water partition coefficient (Wildman–Crippen LogP) is 4.57. The first-order valence-corrected chi connectivity index (χ1v) is 10.9. The summed E-state index contributed by atoms with van der Waals surface area (Å²) in [5.74, 6) is 2.11. The Morgan fingerprint density at radius 3 is 2.45 bits per heavy atom. The Bertz CT molecular complexity index is 690. The molecule has 1 saturated carbocycles. The minimum atomic E-state index is -4.10. The molecule has 0 amide bonds. The van der Waals surface area contributed by atoms with Crippen molar-refractivity contribution >= 4 is 29.9 Å². The fourth-order valence-electron chi connectivity index (χ4n) is 3.91. The number of alkyl halides is 3.